The van der Waals surface area contributed by atoms with Crippen LogP contribution in [0.4, 0.5) is 17.6 Å². The van der Waals surface area contributed by atoms with Crippen molar-refractivity contribution in [1.82, 2.24) is 0 Å². The first-order chi connectivity index (χ1) is 57.3. The van der Waals surface area contributed by atoms with E-state index >= 15 is 0 Å². The molecule has 4 aromatic carbocycles. The molecule has 4 atom stereocenters. The number of aliphatic hydroxyl groups excluding tert-OH is 3. The van der Waals surface area contributed by atoms with Gasteiger partial charge in [-0.15, -0.1) is 0 Å². The van der Waals surface area contributed by atoms with Crippen LogP contribution < -0.4 is 48.5 Å². The minimum absolute atomic E-state index is 0. The quantitative estimate of drug-likeness (QED) is 0.0204. The maximum atomic E-state index is 13.7. The van der Waals surface area contributed by atoms with Gasteiger partial charge in [0.05, 0.1) is 119 Å². The van der Waals surface area contributed by atoms with Crippen LogP contribution in [0.15, 0.2) is 85.6 Å². The topological polar surface area (TPSA) is 306 Å². The molecular formula is C87H125BCl3F4FeNaO25. The molecule has 3 radical (unpaired) electrons. The molecule has 5 heterocycles. The smallest absolute Gasteiger partial charge is 1.00 e. The fourth-order valence-electron chi connectivity index (χ4n) is 14.3. The summed E-state index contributed by atoms with van der Waals surface area (Å²) in [4.78, 5) is 55.6. The Bertz CT molecular complexity index is 3620. The second-order valence-electron chi connectivity index (χ2n) is 29.2. The number of carbonyl (C=O) groups is 5. The van der Waals surface area contributed by atoms with Gasteiger partial charge in [0.25, 0.3) is 0 Å². The molecule has 10 aliphatic rings. The minimum atomic E-state index is -1.33. The zero-order chi connectivity index (χ0) is 86.6. The first-order valence-corrected chi connectivity index (χ1v) is 45.3. The van der Waals surface area contributed by atoms with E-state index in [0.717, 1.165) is 109 Å². The van der Waals surface area contributed by atoms with E-state index in [1.165, 1.54) is 94.8 Å². The summed E-state index contributed by atoms with van der Waals surface area (Å²) in [5.74, 6) is -0.0889. The average Bonchev–Trinajstić information content (AvgIpc) is 1.79. The van der Waals surface area contributed by atoms with Gasteiger partial charge in [-0.2, -0.15) is 0 Å². The number of ketones is 3. The van der Waals surface area contributed by atoms with Crippen LogP contribution in [-0.2, 0) is 96.7 Å². The van der Waals surface area contributed by atoms with Crippen LogP contribution in [0, 0.1) is 23.3 Å². The third-order valence-corrected chi connectivity index (χ3v) is 20.6. The summed E-state index contributed by atoms with van der Waals surface area (Å²) >= 11 is -1.33. The van der Waals surface area contributed by atoms with Gasteiger partial charge in [0.15, 0.2) is 17.4 Å². The summed E-state index contributed by atoms with van der Waals surface area (Å²) in [5.41, 5.74) is 2.33. The monoisotopic (exact) mass is 1840 g/mol. The van der Waals surface area contributed by atoms with E-state index in [1.54, 1.807) is 19.2 Å². The van der Waals surface area contributed by atoms with Crippen molar-refractivity contribution in [2.24, 2.45) is 0 Å². The van der Waals surface area contributed by atoms with E-state index in [-0.39, 0.29) is 144 Å². The van der Waals surface area contributed by atoms with Crippen LogP contribution in [0.2, 0.25) is 0 Å². The molecule has 4 aromatic rings. The molecule has 35 heteroatoms. The number of halogens is 7. The molecule has 3 spiro atoms. The number of benzene rings is 4. The maximum Gasteiger partial charge on any atom is 1.00 e. The van der Waals surface area contributed by atoms with Gasteiger partial charge in [0, 0.05) is 134 Å². The summed E-state index contributed by atoms with van der Waals surface area (Å²) in [6.45, 7) is 13.3. The molecule has 5 aliphatic heterocycles. The van der Waals surface area contributed by atoms with Gasteiger partial charge >= 0.3 is 83.0 Å². The molecule has 122 heavy (non-hydrogen) atoms. The van der Waals surface area contributed by atoms with E-state index in [2.05, 4.69) is 11.3 Å². The van der Waals surface area contributed by atoms with Gasteiger partial charge in [-0.05, 0) is 150 Å². The summed E-state index contributed by atoms with van der Waals surface area (Å²) in [6, 6.07) is 17.0. The third-order valence-electron chi connectivity index (χ3n) is 20.6. The Kier molecular flexibility index (Phi) is 55.8. The van der Waals surface area contributed by atoms with Gasteiger partial charge in [0.1, 0.15) is 94.6 Å². The van der Waals surface area contributed by atoms with Crippen LogP contribution in [0.25, 0.3) is 0 Å². The second kappa shape index (κ2) is 61.0. The summed E-state index contributed by atoms with van der Waals surface area (Å²) in [6.07, 6.45) is 17.6. The summed E-state index contributed by atoms with van der Waals surface area (Å²) < 4.78 is 145. The number of methoxy groups -OCH3 is 4. The molecule has 5 aliphatic carbocycles. The van der Waals surface area contributed by atoms with Gasteiger partial charge in [-0.1, -0.05) is 27.9 Å². The number of rotatable bonds is 23. The predicted molar refractivity (Wildman–Crippen MR) is 443 cm³/mol. The number of hydrogen-bond donors (Lipinski definition) is 3. The van der Waals surface area contributed by atoms with E-state index in [4.69, 9.17) is 106 Å². The molecule has 0 amide bonds. The van der Waals surface area contributed by atoms with E-state index in [9.17, 15) is 56.9 Å². The molecule has 14 rings (SSSR count). The van der Waals surface area contributed by atoms with Crippen molar-refractivity contribution in [2.75, 3.05) is 108 Å². The molecule has 684 valence electrons. The number of epoxide rings is 1. The van der Waals surface area contributed by atoms with Crippen molar-refractivity contribution in [3.05, 3.63) is 131 Å². The van der Waals surface area contributed by atoms with E-state index in [0.29, 0.717) is 162 Å². The van der Waals surface area contributed by atoms with Gasteiger partial charge in [0.2, 0.25) is 0 Å². The number of Topliss-reactive ketones (excluding diaryl/α,β-unsaturated/α-hetero) is 3. The number of ether oxygens (including phenoxy) is 17. The standard InChI is InChI=1S/C19H25FO5.C17H23FO5.C15H19FO4.C9H9FO2.C8H14O3.C8H12O3.C6H10O2.C4H8O.CH4.B.3ClH.Fe.Na.H/c1-3-4-19(22)24-12-18(25-15-8-6-14(21)7-9-15)16-11-13(20)5-10-17(16)23-2;1-20-15-3-2-12(18)10-14(15)16(11-19)23-13-4-6-17(7-5-13)21-8-9-22-17;1-19-14-7-2-10(16)8-13(14)15(9-17)20-12-5-3-11(18)4-6-12;1-11-8-3-2-6(10)4-7(8)9-5-12-9;2*9-7-1-3-8(4-2-7)10-5-6-11-8;1-3-5-6(7)8-4-2;1-2-4-5-3-1;;;;;;;;/h5,10-11,15,18H,3-4,6-9,12H2,1-2H3;2-3,10,13,16,19H,4-9,11H2,1H3;2,7-8,12,15,17H,3-6,9H2,1H3;2-4,9H,5H2,1H3;7,9H,1-6H2;1-6H2;4H,2-3,5H2,1H3;1-4H2;1H4;;3*1H;;;/q;;;;;;;;;;;;;+3;+1;-1/p-3/t18-;;;;;;;;;;;;;;;/m0.............../s1. The fraction of sp³-hybridized carbons (Fsp3) is 0.644. The number of hydrogen-bond acceptors (Lipinski definition) is 25. The molecule has 0 aromatic heterocycles. The Morgan fingerprint density at radius 2 is 0.844 bits per heavy atom. The minimum Gasteiger partial charge on any atom is -1.00 e. The van der Waals surface area contributed by atoms with Crippen molar-refractivity contribution < 1.29 is 180 Å². The molecule has 3 unspecified atom stereocenters. The molecule has 5 saturated heterocycles. The van der Waals surface area contributed by atoms with E-state index < -0.39 is 46.9 Å². The Labute approximate surface area is 758 Å². The SMILES string of the molecule is C.C1CCOC1.C=COC(=O)CCC.CCCC(=O)OC[C@H](OC1CCC(=O)CC1)c1cc(F)ccc1OC.COc1ccc(F)cc1C(CO)OC1CCC(=O)CC1.COc1ccc(F)cc1C(CO)OC1CCC2(CC1)OCCO2.COc1ccc(F)cc1C1CO1.O=C1CCC2(CC1)OCCO2.OC1CCC2(CC1)OCCO2.[B].[Cl][Fe]([Cl])[Cl].[H-].[Na+]. The molecule has 25 nitrogen and oxygen atoms in total. The van der Waals surface area contributed by atoms with E-state index in [1.807, 2.05) is 13.8 Å². The maximum absolute atomic E-state index is 13.7. The van der Waals surface area contributed by atoms with Gasteiger partial charge in [-0.3, -0.25) is 24.0 Å². The number of aliphatic hydroxyl groups is 3. The Hall–Kier alpha value is -4.62. The van der Waals surface area contributed by atoms with Crippen LogP contribution in [0.1, 0.15) is 236 Å². The molecular weight excluding hydrogens is 1720 g/mol. The van der Waals surface area contributed by atoms with Crippen molar-refractivity contribution in [2.45, 2.75) is 254 Å². The molecule has 10 fully saturated rings. The van der Waals surface area contributed by atoms with Crippen LogP contribution >= 0.6 is 30.3 Å². The Morgan fingerprint density at radius 1 is 0.516 bits per heavy atom. The van der Waals surface area contributed by atoms with Crippen LogP contribution in [0.5, 0.6) is 23.0 Å². The Morgan fingerprint density at radius 3 is 1.19 bits per heavy atom. The third kappa shape index (κ3) is 40.8. The van der Waals surface area contributed by atoms with Crippen molar-refractivity contribution >= 4 is 68.0 Å². The zero-order valence-corrected chi connectivity index (χ0v) is 76.0. The van der Waals surface area contributed by atoms with Crippen molar-refractivity contribution in [1.29, 1.82) is 0 Å². The molecule has 5 saturated carbocycles. The zero-order valence-electron chi connectivity index (χ0n) is 71.6. The van der Waals surface area contributed by atoms with Gasteiger partial charge < -0.3 is 97.3 Å². The summed E-state index contributed by atoms with van der Waals surface area (Å²) in [7, 11) is 20.7. The molecule has 3 N–H and O–H groups in total. The fourth-order valence-corrected chi connectivity index (χ4v) is 14.3. The van der Waals surface area contributed by atoms with Crippen molar-refractivity contribution in [3.8, 4) is 23.0 Å². The number of esters is 2. The predicted octanol–water partition coefficient (Wildman–Crippen LogP) is 13.9. The largest absolute Gasteiger partial charge is 1.00 e. The normalized spacial score (nSPS) is 20.4. The number of carbonyl (C=O) groups excluding carboxylic acids is 5. The first kappa shape index (κ1) is 112. The van der Waals surface area contributed by atoms with Gasteiger partial charge in [-0.25, -0.2) is 17.6 Å². The average molecular weight is 1840 g/mol. The van der Waals surface area contributed by atoms with Crippen molar-refractivity contribution in [3.63, 3.8) is 0 Å². The van der Waals surface area contributed by atoms with Crippen LogP contribution in [-0.4, -0.2) is 203 Å². The molecule has 0 bridgehead atoms. The second-order valence-corrected chi connectivity index (χ2v) is 34.7. The van der Waals surface area contributed by atoms with Crippen LogP contribution in [0.3, 0.4) is 0 Å². The Balaban J connectivity index is 0.000000487. The summed E-state index contributed by atoms with van der Waals surface area (Å²) in [5, 5.41) is 28.4. The first-order valence-electron chi connectivity index (χ1n) is 40.7.